The van der Waals surface area contributed by atoms with Gasteiger partial charge in [0.25, 0.3) is 0 Å². The number of pyridine rings is 1. The van der Waals surface area contributed by atoms with Crippen molar-refractivity contribution in [2.75, 3.05) is 18.9 Å². The van der Waals surface area contributed by atoms with Crippen LogP contribution < -0.4 is 5.32 Å². The molecule has 18 heavy (non-hydrogen) atoms. The van der Waals surface area contributed by atoms with E-state index < -0.39 is 10.0 Å². The van der Waals surface area contributed by atoms with Gasteiger partial charge in [0.15, 0.2) is 0 Å². The summed E-state index contributed by atoms with van der Waals surface area (Å²) in [4.78, 5) is 4.37. The molecule has 98 valence electrons. The Labute approximate surface area is 107 Å². The summed E-state index contributed by atoms with van der Waals surface area (Å²) in [7, 11) is -1.71. The van der Waals surface area contributed by atoms with Crippen molar-refractivity contribution in [3.05, 3.63) is 18.3 Å². The second-order valence-electron chi connectivity index (χ2n) is 5.01. The van der Waals surface area contributed by atoms with Crippen molar-refractivity contribution in [1.29, 1.82) is 0 Å². The number of fused-ring (bicyclic) bond motifs is 2. The highest BCUT2D eigenvalue weighted by Crippen LogP contribution is 2.41. The predicted octanol–water partition coefficient (Wildman–Crippen LogP) is 1.30. The van der Waals surface area contributed by atoms with Crippen LogP contribution in [0.2, 0.25) is 0 Å². The first-order valence-electron chi connectivity index (χ1n) is 6.27. The number of piperidine rings is 1. The second kappa shape index (κ2) is 4.20. The lowest BCUT2D eigenvalue weighted by Crippen LogP contribution is -2.37. The Hall–Kier alpha value is -1.14. The molecule has 2 fully saturated rings. The van der Waals surface area contributed by atoms with E-state index in [1.165, 1.54) is 6.42 Å². The molecule has 0 spiro atoms. The summed E-state index contributed by atoms with van der Waals surface area (Å²) in [6.07, 6.45) is 4.79. The Balaban J connectivity index is 2.00. The number of aromatic nitrogens is 1. The zero-order valence-electron chi connectivity index (χ0n) is 10.3. The minimum absolute atomic E-state index is 0.199. The Morgan fingerprint density at radius 3 is 2.89 bits per heavy atom. The number of hydrogen-bond donors (Lipinski definition) is 1. The summed E-state index contributed by atoms with van der Waals surface area (Å²) < 4.78 is 27.0. The Bertz CT molecular complexity index is 558. The van der Waals surface area contributed by atoms with Crippen molar-refractivity contribution in [2.45, 2.75) is 30.2 Å². The molecule has 1 N–H and O–H groups in total. The van der Waals surface area contributed by atoms with Crippen LogP contribution >= 0.6 is 0 Å². The number of hydrogen-bond acceptors (Lipinski definition) is 4. The molecule has 2 heterocycles. The van der Waals surface area contributed by atoms with Gasteiger partial charge in [-0.1, -0.05) is 0 Å². The molecule has 0 aromatic carbocycles. The number of nitrogens with one attached hydrogen (secondary N) is 1. The minimum Gasteiger partial charge on any atom is -0.372 e. The highest BCUT2D eigenvalue weighted by molar-refractivity contribution is 7.89. The number of nitrogens with zero attached hydrogens (tertiary/aromatic N) is 2. The third-order valence-electron chi connectivity index (χ3n) is 3.95. The molecule has 1 aromatic heterocycles. The van der Waals surface area contributed by atoms with Crippen molar-refractivity contribution in [2.24, 2.45) is 5.92 Å². The molecule has 2 bridgehead atoms. The van der Waals surface area contributed by atoms with Crippen molar-refractivity contribution < 1.29 is 8.42 Å². The van der Waals surface area contributed by atoms with Crippen LogP contribution in [-0.2, 0) is 10.0 Å². The summed E-state index contributed by atoms with van der Waals surface area (Å²) in [6.45, 7) is 0.672. The first kappa shape index (κ1) is 11.9. The van der Waals surface area contributed by atoms with Crippen molar-refractivity contribution in [1.82, 2.24) is 9.29 Å². The maximum atomic E-state index is 12.6. The van der Waals surface area contributed by atoms with Gasteiger partial charge in [0.1, 0.15) is 10.7 Å². The van der Waals surface area contributed by atoms with E-state index in [4.69, 9.17) is 0 Å². The average Bonchev–Trinajstić information content (AvgIpc) is 3.01. The Kier molecular flexibility index (Phi) is 2.79. The zero-order chi connectivity index (χ0) is 12.8. The summed E-state index contributed by atoms with van der Waals surface area (Å²) in [5, 5.41) is 2.85. The Morgan fingerprint density at radius 2 is 2.28 bits per heavy atom. The zero-order valence-corrected chi connectivity index (χ0v) is 11.2. The van der Waals surface area contributed by atoms with Crippen LogP contribution in [0.25, 0.3) is 0 Å². The van der Waals surface area contributed by atoms with Crippen LogP contribution in [0.3, 0.4) is 0 Å². The maximum absolute atomic E-state index is 12.6. The largest absolute Gasteiger partial charge is 0.372 e. The van der Waals surface area contributed by atoms with Gasteiger partial charge in [-0.15, -0.1) is 0 Å². The van der Waals surface area contributed by atoms with Crippen LogP contribution in [0.1, 0.15) is 19.3 Å². The van der Waals surface area contributed by atoms with Gasteiger partial charge in [-0.25, -0.2) is 13.4 Å². The molecule has 1 saturated heterocycles. The smallest absolute Gasteiger partial charge is 0.247 e. The predicted molar refractivity (Wildman–Crippen MR) is 68.8 cm³/mol. The van der Waals surface area contributed by atoms with Crippen LogP contribution in [-0.4, -0.2) is 37.3 Å². The van der Waals surface area contributed by atoms with E-state index in [0.29, 0.717) is 23.2 Å². The molecule has 1 aliphatic carbocycles. The molecule has 0 radical (unpaired) electrons. The molecule has 3 rings (SSSR count). The van der Waals surface area contributed by atoms with Crippen LogP contribution in [0.5, 0.6) is 0 Å². The summed E-state index contributed by atoms with van der Waals surface area (Å²) in [5.41, 5.74) is 0. The molecule has 0 amide bonds. The number of anilines is 1. The van der Waals surface area contributed by atoms with Gasteiger partial charge in [-0.2, -0.15) is 4.31 Å². The van der Waals surface area contributed by atoms with E-state index in [1.807, 2.05) is 0 Å². The summed E-state index contributed by atoms with van der Waals surface area (Å²) in [6, 6.07) is 3.49. The van der Waals surface area contributed by atoms with E-state index in [9.17, 15) is 8.42 Å². The third kappa shape index (κ3) is 1.71. The van der Waals surface area contributed by atoms with E-state index >= 15 is 0 Å². The fourth-order valence-corrected chi connectivity index (χ4v) is 4.98. The van der Waals surface area contributed by atoms with Crippen molar-refractivity contribution >= 4 is 15.8 Å². The molecule has 2 atom stereocenters. The highest BCUT2D eigenvalue weighted by Gasteiger charge is 2.44. The second-order valence-corrected chi connectivity index (χ2v) is 6.87. The van der Waals surface area contributed by atoms with Gasteiger partial charge in [0.05, 0.1) is 0 Å². The van der Waals surface area contributed by atoms with Gasteiger partial charge in [0, 0.05) is 25.8 Å². The van der Waals surface area contributed by atoms with Crippen LogP contribution in [0.4, 0.5) is 5.82 Å². The van der Waals surface area contributed by atoms with E-state index in [-0.39, 0.29) is 6.04 Å². The highest BCUT2D eigenvalue weighted by atomic mass is 32.2. The fourth-order valence-electron chi connectivity index (χ4n) is 3.09. The van der Waals surface area contributed by atoms with E-state index in [1.54, 1.807) is 29.7 Å². The van der Waals surface area contributed by atoms with Crippen LogP contribution in [0, 0.1) is 5.92 Å². The standard InChI is InChI=1S/C12H17N3O2S/c1-13-12-11(3-2-6-14-12)18(16,17)15-8-9-4-5-10(15)7-9/h2-3,6,9-10H,4-5,7-8H2,1H3,(H,13,14). The van der Waals surface area contributed by atoms with Crippen molar-refractivity contribution in [3.63, 3.8) is 0 Å². The molecule has 2 unspecified atom stereocenters. The molecule has 5 nitrogen and oxygen atoms in total. The van der Waals surface area contributed by atoms with Crippen LogP contribution in [0.15, 0.2) is 23.2 Å². The molecule has 2 aliphatic rings. The van der Waals surface area contributed by atoms with Gasteiger partial charge in [-0.05, 0) is 37.3 Å². The molecule has 1 aromatic rings. The first-order valence-corrected chi connectivity index (χ1v) is 7.71. The fraction of sp³-hybridized carbons (Fsp3) is 0.583. The van der Waals surface area contributed by atoms with Gasteiger partial charge < -0.3 is 5.32 Å². The molecular formula is C12H17N3O2S. The summed E-state index contributed by atoms with van der Waals surface area (Å²) >= 11 is 0. The maximum Gasteiger partial charge on any atom is 0.247 e. The van der Waals surface area contributed by atoms with Crippen molar-refractivity contribution in [3.8, 4) is 0 Å². The lowest BCUT2D eigenvalue weighted by atomic mass is 10.1. The molecule has 6 heteroatoms. The first-order chi connectivity index (χ1) is 8.63. The lowest BCUT2D eigenvalue weighted by Gasteiger charge is -2.26. The Morgan fingerprint density at radius 1 is 1.44 bits per heavy atom. The van der Waals surface area contributed by atoms with Gasteiger partial charge >= 0.3 is 0 Å². The quantitative estimate of drug-likeness (QED) is 0.896. The lowest BCUT2D eigenvalue weighted by molar-refractivity contribution is 0.333. The van der Waals surface area contributed by atoms with Gasteiger partial charge in [0.2, 0.25) is 10.0 Å². The third-order valence-corrected chi connectivity index (χ3v) is 5.90. The average molecular weight is 267 g/mol. The normalized spacial score (nSPS) is 27.6. The number of sulfonamides is 1. The summed E-state index contributed by atoms with van der Waals surface area (Å²) in [5.74, 6) is 0.986. The molecule has 1 aliphatic heterocycles. The minimum atomic E-state index is -3.40. The number of rotatable bonds is 3. The van der Waals surface area contributed by atoms with E-state index in [0.717, 1.165) is 12.8 Å². The van der Waals surface area contributed by atoms with E-state index in [2.05, 4.69) is 10.3 Å². The van der Waals surface area contributed by atoms with Gasteiger partial charge in [-0.3, -0.25) is 0 Å². The molecular weight excluding hydrogens is 250 g/mol. The SMILES string of the molecule is CNc1ncccc1S(=O)(=O)N1CC2CCC1C2. The topological polar surface area (TPSA) is 62.3 Å². The monoisotopic (exact) mass is 267 g/mol. The molecule has 1 saturated carbocycles.